The second kappa shape index (κ2) is 6.49. The Bertz CT molecular complexity index is 158. The Balaban J connectivity index is 2.17. The molecule has 2 unspecified atom stereocenters. The second-order valence-corrected chi connectivity index (χ2v) is 5.33. The Labute approximate surface area is 95.4 Å². The zero-order valence-electron chi connectivity index (χ0n) is 10.9. The zero-order valence-corrected chi connectivity index (χ0v) is 10.9. The first-order chi connectivity index (χ1) is 7.11. The summed E-state index contributed by atoms with van der Waals surface area (Å²) >= 11 is 0. The minimum atomic E-state index is 0.626. The molecule has 1 heterocycles. The summed E-state index contributed by atoms with van der Waals surface area (Å²) in [6.07, 6.45) is 5.49. The van der Waals surface area contributed by atoms with E-state index in [9.17, 15) is 0 Å². The molecule has 1 aliphatic heterocycles. The van der Waals surface area contributed by atoms with Gasteiger partial charge in [-0.25, -0.2) is 0 Å². The van der Waals surface area contributed by atoms with Crippen molar-refractivity contribution in [2.75, 3.05) is 13.1 Å². The number of hydrogen-bond acceptors (Lipinski definition) is 2. The molecule has 1 saturated heterocycles. The van der Waals surface area contributed by atoms with Crippen LogP contribution in [0.3, 0.4) is 0 Å². The normalized spacial score (nSPS) is 28.6. The van der Waals surface area contributed by atoms with Crippen LogP contribution in [-0.4, -0.2) is 36.1 Å². The monoisotopic (exact) mass is 212 g/mol. The van der Waals surface area contributed by atoms with Gasteiger partial charge in [0, 0.05) is 18.1 Å². The predicted molar refractivity (Wildman–Crippen MR) is 67.2 cm³/mol. The van der Waals surface area contributed by atoms with Gasteiger partial charge in [0.15, 0.2) is 0 Å². The van der Waals surface area contributed by atoms with Crippen LogP contribution in [0.2, 0.25) is 0 Å². The van der Waals surface area contributed by atoms with Crippen molar-refractivity contribution in [3.8, 4) is 0 Å². The Morgan fingerprint density at radius 2 is 1.80 bits per heavy atom. The van der Waals surface area contributed by atoms with Crippen LogP contribution in [0.15, 0.2) is 0 Å². The molecule has 1 rings (SSSR count). The van der Waals surface area contributed by atoms with E-state index in [-0.39, 0.29) is 0 Å². The molecule has 1 fully saturated rings. The van der Waals surface area contributed by atoms with Crippen molar-refractivity contribution in [3.05, 3.63) is 0 Å². The summed E-state index contributed by atoms with van der Waals surface area (Å²) in [7, 11) is 0. The molecule has 0 bridgehead atoms. The molecule has 0 aromatic heterocycles. The maximum absolute atomic E-state index is 3.49. The molecule has 0 aromatic rings. The van der Waals surface area contributed by atoms with Gasteiger partial charge in [0.2, 0.25) is 0 Å². The summed E-state index contributed by atoms with van der Waals surface area (Å²) in [6.45, 7) is 11.6. The van der Waals surface area contributed by atoms with Gasteiger partial charge >= 0.3 is 0 Å². The summed E-state index contributed by atoms with van der Waals surface area (Å²) in [6, 6.07) is 2.22. The number of piperidine rings is 1. The van der Waals surface area contributed by atoms with Crippen molar-refractivity contribution >= 4 is 0 Å². The number of likely N-dealkylation sites (tertiary alicyclic amines) is 1. The van der Waals surface area contributed by atoms with E-state index in [2.05, 4.69) is 37.9 Å². The first-order valence-electron chi connectivity index (χ1n) is 6.60. The molecule has 0 aliphatic carbocycles. The van der Waals surface area contributed by atoms with E-state index in [1.165, 1.54) is 32.2 Å². The fraction of sp³-hybridized carbons (Fsp3) is 1.00. The van der Waals surface area contributed by atoms with Gasteiger partial charge in [0.1, 0.15) is 0 Å². The van der Waals surface area contributed by atoms with Crippen LogP contribution in [0.5, 0.6) is 0 Å². The Kier molecular flexibility index (Phi) is 5.62. The zero-order chi connectivity index (χ0) is 11.3. The second-order valence-electron chi connectivity index (χ2n) is 5.33. The molecule has 1 N–H and O–H groups in total. The van der Waals surface area contributed by atoms with Crippen molar-refractivity contribution in [3.63, 3.8) is 0 Å². The lowest BCUT2D eigenvalue weighted by Gasteiger charge is -2.39. The van der Waals surface area contributed by atoms with Gasteiger partial charge in [0.25, 0.3) is 0 Å². The van der Waals surface area contributed by atoms with Crippen LogP contribution in [0, 0.1) is 0 Å². The van der Waals surface area contributed by atoms with E-state index < -0.39 is 0 Å². The molecule has 0 aromatic carbocycles. The van der Waals surface area contributed by atoms with E-state index in [4.69, 9.17) is 0 Å². The van der Waals surface area contributed by atoms with Crippen molar-refractivity contribution in [1.29, 1.82) is 0 Å². The molecule has 2 heteroatoms. The molecule has 0 spiro atoms. The van der Waals surface area contributed by atoms with E-state index in [0.717, 1.165) is 18.6 Å². The topological polar surface area (TPSA) is 15.3 Å². The smallest absolute Gasteiger partial charge is 0.00697 e. The van der Waals surface area contributed by atoms with Crippen LogP contribution in [-0.2, 0) is 0 Å². The lowest BCUT2D eigenvalue weighted by atomic mass is 9.97. The van der Waals surface area contributed by atoms with E-state index in [1.807, 2.05) is 0 Å². The molecule has 2 atom stereocenters. The fourth-order valence-electron chi connectivity index (χ4n) is 2.57. The fourth-order valence-corrected chi connectivity index (χ4v) is 2.57. The van der Waals surface area contributed by atoms with Gasteiger partial charge in [-0.05, 0) is 46.2 Å². The highest BCUT2D eigenvalue weighted by molar-refractivity contribution is 4.79. The quantitative estimate of drug-likeness (QED) is 0.705. The van der Waals surface area contributed by atoms with Gasteiger partial charge < -0.3 is 5.32 Å². The molecule has 2 nitrogen and oxygen atoms in total. The third-order valence-corrected chi connectivity index (χ3v) is 3.52. The van der Waals surface area contributed by atoms with E-state index in [0.29, 0.717) is 6.04 Å². The first kappa shape index (κ1) is 13.0. The highest BCUT2D eigenvalue weighted by Gasteiger charge is 2.23. The van der Waals surface area contributed by atoms with Gasteiger partial charge in [0.05, 0.1) is 0 Å². The van der Waals surface area contributed by atoms with Gasteiger partial charge in [-0.3, -0.25) is 4.90 Å². The minimum Gasteiger partial charge on any atom is -0.314 e. The molecule has 0 saturated carbocycles. The Morgan fingerprint density at radius 3 is 2.33 bits per heavy atom. The highest BCUT2D eigenvalue weighted by Crippen LogP contribution is 2.22. The molecule has 1 aliphatic rings. The van der Waals surface area contributed by atoms with Crippen LogP contribution in [0.4, 0.5) is 0 Å². The van der Waals surface area contributed by atoms with Crippen molar-refractivity contribution in [1.82, 2.24) is 10.2 Å². The van der Waals surface area contributed by atoms with Crippen LogP contribution in [0.25, 0.3) is 0 Å². The lowest BCUT2D eigenvalue weighted by Crippen LogP contribution is -2.44. The Hall–Kier alpha value is -0.0800. The van der Waals surface area contributed by atoms with Crippen LogP contribution >= 0.6 is 0 Å². The maximum atomic E-state index is 3.49. The van der Waals surface area contributed by atoms with Gasteiger partial charge in [-0.1, -0.05) is 20.3 Å². The molecule has 90 valence electrons. The van der Waals surface area contributed by atoms with Gasteiger partial charge in [-0.2, -0.15) is 0 Å². The van der Waals surface area contributed by atoms with E-state index >= 15 is 0 Å². The summed E-state index contributed by atoms with van der Waals surface area (Å²) in [5.41, 5.74) is 0. The number of rotatable bonds is 5. The van der Waals surface area contributed by atoms with Crippen molar-refractivity contribution < 1.29 is 0 Å². The Morgan fingerprint density at radius 1 is 1.20 bits per heavy atom. The number of nitrogens with one attached hydrogen (secondary N) is 1. The predicted octanol–water partition coefficient (Wildman–Crippen LogP) is 2.64. The van der Waals surface area contributed by atoms with Crippen molar-refractivity contribution in [2.45, 2.75) is 71.5 Å². The SMILES string of the molecule is CC(C)NCCCN1C(C)CCCC1C. The average molecular weight is 212 g/mol. The summed E-state index contributed by atoms with van der Waals surface area (Å²) in [5, 5.41) is 3.49. The highest BCUT2D eigenvalue weighted by atomic mass is 15.2. The standard InChI is InChI=1S/C13H28N2/c1-11(2)14-9-6-10-15-12(3)7-5-8-13(15)4/h11-14H,5-10H2,1-4H3. The summed E-state index contributed by atoms with van der Waals surface area (Å²) in [4.78, 5) is 2.69. The summed E-state index contributed by atoms with van der Waals surface area (Å²) < 4.78 is 0. The van der Waals surface area contributed by atoms with Crippen LogP contribution in [0.1, 0.15) is 53.4 Å². The molecular weight excluding hydrogens is 184 g/mol. The first-order valence-corrected chi connectivity index (χ1v) is 6.60. The molecule has 0 radical (unpaired) electrons. The summed E-state index contributed by atoms with van der Waals surface area (Å²) in [5.74, 6) is 0. The third-order valence-electron chi connectivity index (χ3n) is 3.52. The van der Waals surface area contributed by atoms with Crippen molar-refractivity contribution in [2.24, 2.45) is 0 Å². The van der Waals surface area contributed by atoms with Crippen LogP contribution < -0.4 is 5.32 Å². The number of hydrogen-bond donors (Lipinski definition) is 1. The molecule has 15 heavy (non-hydrogen) atoms. The van der Waals surface area contributed by atoms with Gasteiger partial charge in [-0.15, -0.1) is 0 Å². The maximum Gasteiger partial charge on any atom is 0.00697 e. The largest absolute Gasteiger partial charge is 0.314 e. The number of nitrogens with zero attached hydrogens (tertiary/aromatic N) is 1. The molecular formula is C13H28N2. The average Bonchev–Trinajstić information content (AvgIpc) is 2.15. The minimum absolute atomic E-state index is 0.626. The van der Waals surface area contributed by atoms with E-state index in [1.54, 1.807) is 0 Å². The molecule has 0 amide bonds. The lowest BCUT2D eigenvalue weighted by molar-refractivity contribution is 0.102. The third kappa shape index (κ3) is 4.52.